The average molecular weight is 278 g/mol. The summed E-state index contributed by atoms with van der Waals surface area (Å²) >= 11 is 0. The van der Waals surface area contributed by atoms with E-state index in [9.17, 15) is 9.59 Å². The summed E-state index contributed by atoms with van der Waals surface area (Å²) in [6.45, 7) is 11.9. The molecule has 0 radical (unpaired) electrons. The lowest BCUT2D eigenvalue weighted by Gasteiger charge is -2.33. The molecule has 0 aliphatic carbocycles. The second-order valence-corrected chi connectivity index (χ2v) is 5.23. The maximum atomic E-state index is 12.4. The second-order valence-electron chi connectivity index (χ2n) is 5.23. The Labute approximate surface area is 122 Å². The Bertz CT molecular complexity index is 347. The lowest BCUT2D eigenvalue weighted by Crippen LogP contribution is -2.44. The first-order valence-corrected chi connectivity index (χ1v) is 7.42. The lowest BCUT2D eigenvalue weighted by molar-refractivity contribution is -0.140. The Kier molecular flexibility index (Phi) is 7.05. The van der Waals surface area contributed by atoms with Crippen LogP contribution in [0, 0.1) is 5.92 Å². The van der Waals surface area contributed by atoms with Gasteiger partial charge in [-0.3, -0.25) is 9.59 Å². The minimum absolute atomic E-state index is 0.0283. The zero-order chi connectivity index (χ0) is 15.0. The van der Waals surface area contributed by atoms with Crippen LogP contribution < -0.4 is 0 Å². The highest BCUT2D eigenvalue weighted by Gasteiger charge is 2.29. The molecule has 1 saturated heterocycles. The van der Waals surface area contributed by atoms with Crippen molar-refractivity contribution in [3.63, 3.8) is 0 Å². The summed E-state index contributed by atoms with van der Waals surface area (Å²) in [7, 11) is 0. The summed E-state index contributed by atoms with van der Waals surface area (Å²) in [4.78, 5) is 27.9. The van der Waals surface area contributed by atoms with Gasteiger partial charge in [-0.25, -0.2) is 0 Å². The van der Waals surface area contributed by atoms with Crippen molar-refractivity contribution in [1.29, 1.82) is 0 Å². The minimum Gasteiger partial charge on any atom is -0.343 e. The number of rotatable bonds is 7. The molecule has 0 saturated carbocycles. The summed E-state index contributed by atoms with van der Waals surface area (Å²) in [5.41, 5.74) is 0. The van der Waals surface area contributed by atoms with E-state index >= 15 is 0 Å². The van der Waals surface area contributed by atoms with E-state index < -0.39 is 0 Å². The molecule has 0 aromatic heterocycles. The topological polar surface area (TPSA) is 40.6 Å². The highest BCUT2D eigenvalue weighted by Crippen LogP contribution is 2.20. The smallest absolute Gasteiger partial charge is 0.226 e. The molecular weight excluding hydrogens is 252 g/mol. The standard InChI is InChI=1S/C16H26N2O2/c1-4-7-15(19)17-12-8-14(9-13-17)16(20)18(10-5-2)11-6-3/h5-6,14H,2-4,7-13H2,1H3. The Balaban J connectivity index is 2.50. The van der Waals surface area contributed by atoms with Gasteiger partial charge in [0.1, 0.15) is 0 Å². The Morgan fingerprint density at radius 3 is 2.20 bits per heavy atom. The number of carbonyl (C=O) groups excluding carboxylic acids is 2. The van der Waals surface area contributed by atoms with Gasteiger partial charge in [0, 0.05) is 38.5 Å². The van der Waals surface area contributed by atoms with Crippen LogP contribution in [0.25, 0.3) is 0 Å². The van der Waals surface area contributed by atoms with Gasteiger partial charge in [0.15, 0.2) is 0 Å². The van der Waals surface area contributed by atoms with E-state index in [1.54, 1.807) is 17.1 Å². The zero-order valence-electron chi connectivity index (χ0n) is 12.5. The Hall–Kier alpha value is -1.58. The molecule has 0 N–H and O–H groups in total. The van der Waals surface area contributed by atoms with Crippen molar-refractivity contribution in [2.75, 3.05) is 26.2 Å². The van der Waals surface area contributed by atoms with Crippen LogP contribution in [-0.4, -0.2) is 47.8 Å². The molecule has 2 amide bonds. The summed E-state index contributed by atoms with van der Waals surface area (Å²) in [6, 6.07) is 0. The van der Waals surface area contributed by atoms with E-state index in [-0.39, 0.29) is 17.7 Å². The third-order valence-electron chi connectivity index (χ3n) is 3.67. The molecule has 0 aromatic rings. The van der Waals surface area contributed by atoms with Gasteiger partial charge in [-0.05, 0) is 19.3 Å². The number of amides is 2. The van der Waals surface area contributed by atoms with E-state index in [1.165, 1.54) is 0 Å². The first-order chi connectivity index (χ1) is 9.63. The number of hydrogen-bond donors (Lipinski definition) is 0. The number of piperidine rings is 1. The molecule has 1 rings (SSSR count). The van der Waals surface area contributed by atoms with Crippen LogP contribution in [0.5, 0.6) is 0 Å². The van der Waals surface area contributed by atoms with E-state index in [2.05, 4.69) is 13.2 Å². The van der Waals surface area contributed by atoms with Crippen molar-refractivity contribution in [3.05, 3.63) is 25.3 Å². The van der Waals surface area contributed by atoms with E-state index in [1.807, 2.05) is 11.8 Å². The average Bonchev–Trinajstić information content (AvgIpc) is 2.47. The lowest BCUT2D eigenvalue weighted by atomic mass is 9.95. The summed E-state index contributed by atoms with van der Waals surface area (Å²) < 4.78 is 0. The van der Waals surface area contributed by atoms with Gasteiger partial charge in [0.25, 0.3) is 0 Å². The van der Waals surface area contributed by atoms with Crippen molar-refractivity contribution in [3.8, 4) is 0 Å². The minimum atomic E-state index is 0.0283. The zero-order valence-corrected chi connectivity index (χ0v) is 12.5. The summed E-state index contributed by atoms with van der Waals surface area (Å²) in [5, 5.41) is 0. The highest BCUT2D eigenvalue weighted by atomic mass is 16.2. The fourth-order valence-corrected chi connectivity index (χ4v) is 2.57. The van der Waals surface area contributed by atoms with Crippen molar-refractivity contribution >= 4 is 11.8 Å². The predicted molar refractivity (Wildman–Crippen MR) is 81.2 cm³/mol. The van der Waals surface area contributed by atoms with Crippen LogP contribution in [0.3, 0.4) is 0 Å². The SMILES string of the molecule is C=CCN(CC=C)C(=O)C1CCN(C(=O)CCC)CC1. The summed E-state index contributed by atoms with van der Waals surface area (Å²) in [6.07, 6.45) is 6.49. The molecule has 1 aliphatic heterocycles. The Morgan fingerprint density at radius 2 is 1.75 bits per heavy atom. The maximum absolute atomic E-state index is 12.4. The number of carbonyl (C=O) groups is 2. The van der Waals surface area contributed by atoms with Crippen LogP contribution in [0.2, 0.25) is 0 Å². The van der Waals surface area contributed by atoms with Crippen LogP contribution in [0.1, 0.15) is 32.6 Å². The van der Waals surface area contributed by atoms with Gasteiger partial charge in [-0.15, -0.1) is 13.2 Å². The molecule has 0 aromatic carbocycles. The van der Waals surface area contributed by atoms with E-state index in [0.29, 0.717) is 32.6 Å². The van der Waals surface area contributed by atoms with Crippen molar-refractivity contribution in [2.45, 2.75) is 32.6 Å². The fraction of sp³-hybridized carbons (Fsp3) is 0.625. The molecule has 0 bridgehead atoms. The summed E-state index contributed by atoms with van der Waals surface area (Å²) in [5.74, 6) is 0.403. The molecule has 20 heavy (non-hydrogen) atoms. The molecule has 1 aliphatic rings. The van der Waals surface area contributed by atoms with Crippen LogP contribution in [0.4, 0.5) is 0 Å². The van der Waals surface area contributed by atoms with Gasteiger partial charge in [0.05, 0.1) is 0 Å². The molecule has 1 heterocycles. The van der Waals surface area contributed by atoms with Crippen molar-refractivity contribution in [1.82, 2.24) is 9.80 Å². The van der Waals surface area contributed by atoms with Gasteiger partial charge in [-0.1, -0.05) is 19.1 Å². The fourth-order valence-electron chi connectivity index (χ4n) is 2.57. The molecule has 0 unspecified atom stereocenters. The van der Waals surface area contributed by atoms with Crippen LogP contribution in [-0.2, 0) is 9.59 Å². The molecule has 0 spiro atoms. The molecule has 4 heteroatoms. The Morgan fingerprint density at radius 1 is 1.20 bits per heavy atom. The van der Waals surface area contributed by atoms with Gasteiger partial charge >= 0.3 is 0 Å². The number of nitrogens with zero attached hydrogens (tertiary/aromatic N) is 2. The first-order valence-electron chi connectivity index (χ1n) is 7.42. The third kappa shape index (κ3) is 4.51. The monoisotopic (exact) mass is 278 g/mol. The molecule has 112 valence electrons. The van der Waals surface area contributed by atoms with Crippen LogP contribution in [0.15, 0.2) is 25.3 Å². The molecule has 0 atom stereocenters. The van der Waals surface area contributed by atoms with E-state index in [4.69, 9.17) is 0 Å². The third-order valence-corrected chi connectivity index (χ3v) is 3.67. The number of likely N-dealkylation sites (tertiary alicyclic amines) is 1. The second kappa shape index (κ2) is 8.56. The molecule has 4 nitrogen and oxygen atoms in total. The van der Waals surface area contributed by atoms with Gasteiger partial charge < -0.3 is 9.80 Å². The van der Waals surface area contributed by atoms with Crippen molar-refractivity contribution < 1.29 is 9.59 Å². The highest BCUT2D eigenvalue weighted by molar-refractivity contribution is 5.80. The van der Waals surface area contributed by atoms with E-state index in [0.717, 1.165) is 19.3 Å². The quantitative estimate of drug-likeness (QED) is 0.670. The largest absolute Gasteiger partial charge is 0.343 e. The molecular formula is C16H26N2O2. The van der Waals surface area contributed by atoms with Gasteiger partial charge in [0.2, 0.25) is 11.8 Å². The van der Waals surface area contributed by atoms with Crippen LogP contribution >= 0.6 is 0 Å². The normalized spacial score (nSPS) is 15.8. The van der Waals surface area contributed by atoms with Gasteiger partial charge in [-0.2, -0.15) is 0 Å². The number of hydrogen-bond acceptors (Lipinski definition) is 2. The maximum Gasteiger partial charge on any atom is 0.226 e. The molecule has 1 fully saturated rings. The predicted octanol–water partition coefficient (Wildman–Crippen LogP) is 2.23. The van der Waals surface area contributed by atoms with Crippen molar-refractivity contribution in [2.24, 2.45) is 5.92 Å². The first kappa shape index (κ1) is 16.5.